The fourth-order valence-corrected chi connectivity index (χ4v) is 2.22. The second-order valence-corrected chi connectivity index (χ2v) is 5.40. The zero-order chi connectivity index (χ0) is 19.8. The molecule has 2 aromatic rings. The Labute approximate surface area is 155 Å². The van der Waals surface area contributed by atoms with Crippen molar-refractivity contribution in [1.29, 1.82) is 0 Å². The molecule has 0 spiro atoms. The highest BCUT2D eigenvalue weighted by atomic mass is 16.6. The van der Waals surface area contributed by atoms with E-state index in [4.69, 9.17) is 9.47 Å². The van der Waals surface area contributed by atoms with Gasteiger partial charge in [0.05, 0.1) is 18.6 Å². The van der Waals surface area contributed by atoms with Gasteiger partial charge in [0.1, 0.15) is 11.5 Å². The van der Waals surface area contributed by atoms with Gasteiger partial charge < -0.3 is 20.1 Å². The molecule has 2 N–H and O–H groups in total. The van der Waals surface area contributed by atoms with E-state index < -0.39 is 10.8 Å². The molecule has 2 rings (SSSR count). The van der Waals surface area contributed by atoms with Gasteiger partial charge in [-0.25, -0.2) is 0 Å². The molecular formula is C18H19N3O6. The molecule has 0 radical (unpaired) electrons. The minimum absolute atomic E-state index is 0.0998. The van der Waals surface area contributed by atoms with Gasteiger partial charge in [-0.3, -0.25) is 19.7 Å². The van der Waals surface area contributed by atoms with Gasteiger partial charge in [0.25, 0.3) is 11.6 Å². The molecule has 9 heteroatoms. The minimum Gasteiger partial charge on any atom is -0.497 e. The summed E-state index contributed by atoms with van der Waals surface area (Å²) in [6.45, 7) is -0.498. The minimum atomic E-state index is -0.507. The van der Waals surface area contributed by atoms with Gasteiger partial charge >= 0.3 is 0 Å². The molecule has 0 heterocycles. The molecule has 2 amide bonds. The summed E-state index contributed by atoms with van der Waals surface area (Å²) in [7, 11) is 3.00. The van der Waals surface area contributed by atoms with Crippen LogP contribution in [0.25, 0.3) is 11.1 Å². The molecule has 0 unspecified atom stereocenters. The van der Waals surface area contributed by atoms with E-state index in [2.05, 4.69) is 10.6 Å². The van der Waals surface area contributed by atoms with Crippen LogP contribution in [-0.4, -0.2) is 44.0 Å². The van der Waals surface area contributed by atoms with E-state index in [-0.39, 0.29) is 24.7 Å². The highest BCUT2D eigenvalue weighted by Crippen LogP contribution is 2.34. The quantitative estimate of drug-likeness (QED) is 0.535. The van der Waals surface area contributed by atoms with Crippen LogP contribution in [0.2, 0.25) is 0 Å². The van der Waals surface area contributed by atoms with Crippen LogP contribution in [0.15, 0.2) is 42.5 Å². The molecule has 0 saturated carbocycles. The summed E-state index contributed by atoms with van der Waals surface area (Å²) >= 11 is 0. The third-order valence-corrected chi connectivity index (χ3v) is 3.66. The largest absolute Gasteiger partial charge is 0.497 e. The summed E-state index contributed by atoms with van der Waals surface area (Å²) in [5.74, 6) is 0.122. The van der Waals surface area contributed by atoms with Gasteiger partial charge in [-0.2, -0.15) is 0 Å². The first kappa shape index (κ1) is 19.7. The summed E-state index contributed by atoms with van der Waals surface area (Å²) < 4.78 is 10.6. The number of nitrogens with zero attached hydrogens (tertiary/aromatic N) is 1. The van der Waals surface area contributed by atoms with Gasteiger partial charge in [0, 0.05) is 24.7 Å². The zero-order valence-corrected chi connectivity index (χ0v) is 14.9. The predicted octanol–water partition coefficient (Wildman–Crippen LogP) is 1.51. The van der Waals surface area contributed by atoms with Crippen LogP contribution in [-0.2, 0) is 9.59 Å². The van der Waals surface area contributed by atoms with E-state index in [0.29, 0.717) is 22.6 Å². The number of carbonyl (C=O) groups is 2. The lowest BCUT2D eigenvalue weighted by atomic mass is 10.0. The zero-order valence-electron chi connectivity index (χ0n) is 14.9. The highest BCUT2D eigenvalue weighted by molar-refractivity contribution is 5.85. The van der Waals surface area contributed by atoms with Crippen LogP contribution < -0.4 is 20.1 Å². The highest BCUT2D eigenvalue weighted by Gasteiger charge is 2.15. The normalized spacial score (nSPS) is 10.0. The molecular weight excluding hydrogens is 354 g/mol. The van der Waals surface area contributed by atoms with Gasteiger partial charge in [-0.05, 0) is 23.8 Å². The van der Waals surface area contributed by atoms with Crippen LogP contribution >= 0.6 is 0 Å². The number of methoxy groups -OCH3 is 1. The lowest BCUT2D eigenvalue weighted by Crippen LogP contribution is -2.37. The first-order chi connectivity index (χ1) is 12.9. The summed E-state index contributed by atoms with van der Waals surface area (Å²) in [5, 5.41) is 15.9. The van der Waals surface area contributed by atoms with E-state index >= 15 is 0 Å². The Kier molecular flexibility index (Phi) is 6.70. The van der Waals surface area contributed by atoms with Crippen molar-refractivity contribution < 1.29 is 24.0 Å². The Morgan fingerprint density at radius 2 is 1.81 bits per heavy atom. The van der Waals surface area contributed by atoms with E-state index in [1.807, 2.05) is 0 Å². The Bertz CT molecular complexity index is 835. The van der Waals surface area contributed by atoms with Crippen molar-refractivity contribution in [3.05, 3.63) is 52.6 Å². The molecule has 9 nitrogen and oxygen atoms in total. The van der Waals surface area contributed by atoms with E-state index in [0.717, 1.165) is 0 Å². The molecule has 0 aliphatic heterocycles. The Hall–Kier alpha value is -3.62. The van der Waals surface area contributed by atoms with Crippen molar-refractivity contribution in [2.75, 3.05) is 27.3 Å². The number of hydrogen-bond acceptors (Lipinski definition) is 6. The number of non-ortho nitro benzene ring substituents is 1. The number of ether oxygens (including phenoxy) is 2. The maximum atomic E-state index is 11.8. The van der Waals surface area contributed by atoms with E-state index in [1.165, 1.54) is 32.4 Å². The number of hydrogen-bond donors (Lipinski definition) is 2. The molecule has 27 heavy (non-hydrogen) atoms. The molecule has 0 aliphatic carbocycles. The number of rotatable bonds is 8. The van der Waals surface area contributed by atoms with Crippen molar-refractivity contribution in [2.45, 2.75) is 0 Å². The fourth-order valence-electron chi connectivity index (χ4n) is 2.22. The van der Waals surface area contributed by atoms with Crippen LogP contribution in [0.4, 0.5) is 5.69 Å². The lowest BCUT2D eigenvalue weighted by Gasteiger charge is -2.12. The van der Waals surface area contributed by atoms with Crippen LogP contribution in [0, 0.1) is 10.1 Å². The van der Waals surface area contributed by atoms with Crippen molar-refractivity contribution in [3.8, 4) is 22.6 Å². The molecule has 0 fully saturated rings. The average molecular weight is 373 g/mol. The first-order valence-electron chi connectivity index (χ1n) is 7.97. The molecule has 0 aromatic heterocycles. The van der Waals surface area contributed by atoms with Crippen LogP contribution in [0.3, 0.4) is 0 Å². The predicted molar refractivity (Wildman–Crippen MR) is 97.7 cm³/mol. The Balaban J connectivity index is 2.20. The molecule has 0 bridgehead atoms. The second-order valence-electron chi connectivity index (χ2n) is 5.40. The van der Waals surface area contributed by atoms with Gasteiger partial charge in [0.2, 0.25) is 5.91 Å². The molecule has 2 aromatic carbocycles. The van der Waals surface area contributed by atoms with Crippen LogP contribution in [0.1, 0.15) is 0 Å². The van der Waals surface area contributed by atoms with Gasteiger partial charge in [0.15, 0.2) is 6.61 Å². The molecule has 0 saturated heterocycles. The number of carbonyl (C=O) groups excluding carboxylic acids is 2. The van der Waals surface area contributed by atoms with Crippen molar-refractivity contribution in [1.82, 2.24) is 10.6 Å². The van der Waals surface area contributed by atoms with Crippen molar-refractivity contribution >= 4 is 17.5 Å². The SMILES string of the molecule is CNC(=O)CNC(=O)COc1ccc([N+](=O)[O-])cc1-c1ccc(OC)cc1. The van der Waals surface area contributed by atoms with Crippen molar-refractivity contribution in [3.63, 3.8) is 0 Å². The topological polar surface area (TPSA) is 120 Å². The Morgan fingerprint density at radius 1 is 1.11 bits per heavy atom. The average Bonchev–Trinajstić information content (AvgIpc) is 2.70. The van der Waals surface area contributed by atoms with Gasteiger partial charge in [-0.15, -0.1) is 0 Å². The molecule has 0 aliphatic rings. The summed E-state index contributed by atoms with van der Waals surface area (Å²) in [6.07, 6.45) is 0. The molecule has 0 atom stereocenters. The molecule has 142 valence electrons. The summed E-state index contributed by atoms with van der Waals surface area (Å²) in [6, 6.07) is 11.0. The lowest BCUT2D eigenvalue weighted by molar-refractivity contribution is -0.384. The van der Waals surface area contributed by atoms with Gasteiger partial charge in [-0.1, -0.05) is 12.1 Å². The maximum absolute atomic E-state index is 11.8. The van der Waals surface area contributed by atoms with Crippen LogP contribution in [0.5, 0.6) is 11.5 Å². The number of amides is 2. The number of benzene rings is 2. The third kappa shape index (κ3) is 5.43. The number of nitro benzene ring substituents is 1. The summed E-state index contributed by atoms with van der Waals surface area (Å²) in [5.41, 5.74) is 1.03. The number of likely N-dealkylation sites (N-methyl/N-ethyl adjacent to an activating group) is 1. The fraction of sp³-hybridized carbons (Fsp3) is 0.222. The standard InChI is InChI=1S/C18H19N3O6/c1-19-17(22)10-20-18(23)11-27-16-8-5-13(21(24)25)9-15(16)12-3-6-14(26-2)7-4-12/h3-9H,10-11H2,1-2H3,(H,19,22)(H,20,23). The monoisotopic (exact) mass is 373 g/mol. The smallest absolute Gasteiger partial charge is 0.270 e. The maximum Gasteiger partial charge on any atom is 0.270 e. The third-order valence-electron chi connectivity index (χ3n) is 3.66. The van der Waals surface area contributed by atoms with E-state index in [9.17, 15) is 19.7 Å². The summed E-state index contributed by atoms with van der Waals surface area (Å²) in [4.78, 5) is 33.5. The first-order valence-corrected chi connectivity index (χ1v) is 7.97. The Morgan fingerprint density at radius 3 is 2.41 bits per heavy atom. The van der Waals surface area contributed by atoms with E-state index in [1.54, 1.807) is 24.3 Å². The number of nitro groups is 1. The number of nitrogens with one attached hydrogen (secondary N) is 2. The van der Waals surface area contributed by atoms with Crippen molar-refractivity contribution in [2.24, 2.45) is 0 Å². The second kappa shape index (κ2) is 9.18.